The predicted molar refractivity (Wildman–Crippen MR) is 126 cm³/mol. The van der Waals surface area contributed by atoms with Crippen molar-refractivity contribution in [2.75, 3.05) is 37.6 Å². The number of aromatic nitrogens is 2. The van der Waals surface area contributed by atoms with Crippen molar-refractivity contribution in [2.24, 2.45) is 18.7 Å². The molecular weight excluding hydrogens is 370 g/mol. The molecular formula is C25H35N5. The van der Waals surface area contributed by atoms with Crippen LogP contribution in [-0.4, -0.2) is 47.2 Å². The van der Waals surface area contributed by atoms with Crippen LogP contribution in [0.25, 0.3) is 11.0 Å². The van der Waals surface area contributed by atoms with Crippen LogP contribution in [0.2, 0.25) is 0 Å². The number of piperazine rings is 1. The summed E-state index contributed by atoms with van der Waals surface area (Å²) in [4.78, 5) is 9.86. The molecule has 4 rings (SSSR count). The van der Waals surface area contributed by atoms with Gasteiger partial charge in [0.1, 0.15) is 0 Å². The van der Waals surface area contributed by atoms with Crippen molar-refractivity contribution >= 4 is 17.0 Å². The van der Waals surface area contributed by atoms with Crippen molar-refractivity contribution < 1.29 is 0 Å². The summed E-state index contributed by atoms with van der Waals surface area (Å²) >= 11 is 0. The van der Waals surface area contributed by atoms with Crippen LogP contribution in [0.3, 0.4) is 0 Å². The summed E-state index contributed by atoms with van der Waals surface area (Å²) in [5, 5.41) is 0. The van der Waals surface area contributed by atoms with Crippen molar-refractivity contribution in [2.45, 2.75) is 32.2 Å². The van der Waals surface area contributed by atoms with Crippen molar-refractivity contribution in [1.82, 2.24) is 14.5 Å². The molecule has 1 aromatic heterocycles. The summed E-state index contributed by atoms with van der Waals surface area (Å²) in [7, 11) is 2.12. The van der Waals surface area contributed by atoms with Gasteiger partial charge in [0.2, 0.25) is 5.95 Å². The molecule has 1 aliphatic heterocycles. The maximum atomic E-state index is 6.89. The predicted octanol–water partition coefficient (Wildman–Crippen LogP) is 3.99. The van der Waals surface area contributed by atoms with Crippen molar-refractivity contribution in [1.29, 1.82) is 0 Å². The monoisotopic (exact) mass is 405 g/mol. The van der Waals surface area contributed by atoms with E-state index in [2.05, 4.69) is 89.9 Å². The molecule has 0 aliphatic carbocycles. The third kappa shape index (κ3) is 4.09. The summed E-state index contributed by atoms with van der Waals surface area (Å²) in [6.45, 7) is 9.78. The highest BCUT2D eigenvalue weighted by Gasteiger charge is 2.31. The third-order valence-electron chi connectivity index (χ3n) is 6.82. The van der Waals surface area contributed by atoms with Gasteiger partial charge >= 0.3 is 0 Å². The topological polar surface area (TPSA) is 50.3 Å². The molecule has 1 unspecified atom stereocenters. The first-order valence-electron chi connectivity index (χ1n) is 11.2. The molecule has 2 heterocycles. The van der Waals surface area contributed by atoms with Gasteiger partial charge in [-0.25, -0.2) is 4.98 Å². The second-order valence-electron chi connectivity index (χ2n) is 8.95. The second kappa shape index (κ2) is 8.78. The maximum absolute atomic E-state index is 6.89. The lowest BCUT2D eigenvalue weighted by atomic mass is 9.77. The van der Waals surface area contributed by atoms with E-state index >= 15 is 0 Å². The highest BCUT2D eigenvalue weighted by molar-refractivity contribution is 5.78. The van der Waals surface area contributed by atoms with Crippen LogP contribution in [0.4, 0.5) is 5.95 Å². The number of aryl methyl sites for hydroxylation is 1. The molecule has 0 amide bonds. The molecule has 0 bridgehead atoms. The van der Waals surface area contributed by atoms with E-state index in [1.54, 1.807) is 0 Å². The molecule has 160 valence electrons. The Hall–Kier alpha value is -2.37. The Morgan fingerprint density at radius 2 is 1.63 bits per heavy atom. The molecule has 0 spiro atoms. The SMILES string of the molecule is CC(C)C(N)(CCCN1CCN(c2nc3ccccc3n2C)CC1)c1ccccc1. The largest absolute Gasteiger partial charge is 0.340 e. The second-order valence-corrected chi connectivity index (χ2v) is 8.95. The van der Waals surface area contributed by atoms with Crippen LogP contribution < -0.4 is 10.6 Å². The Bertz CT molecular complexity index is 956. The minimum atomic E-state index is -0.254. The molecule has 1 atom stereocenters. The fourth-order valence-electron chi connectivity index (χ4n) is 4.70. The molecule has 1 fully saturated rings. The number of fused-ring (bicyclic) bond motifs is 1. The zero-order chi connectivity index (χ0) is 21.1. The van der Waals surface area contributed by atoms with Gasteiger partial charge in [-0.1, -0.05) is 56.3 Å². The molecule has 0 saturated carbocycles. The highest BCUT2D eigenvalue weighted by Crippen LogP contribution is 2.31. The number of anilines is 1. The first-order chi connectivity index (χ1) is 14.5. The van der Waals surface area contributed by atoms with Gasteiger partial charge in [-0.05, 0) is 43.0 Å². The van der Waals surface area contributed by atoms with Crippen LogP contribution in [0.15, 0.2) is 54.6 Å². The smallest absolute Gasteiger partial charge is 0.206 e. The van der Waals surface area contributed by atoms with Crippen LogP contribution in [0, 0.1) is 5.92 Å². The van der Waals surface area contributed by atoms with E-state index in [-0.39, 0.29) is 5.54 Å². The lowest BCUT2D eigenvalue weighted by molar-refractivity contribution is 0.223. The fraction of sp³-hybridized carbons (Fsp3) is 0.480. The Morgan fingerprint density at radius 3 is 2.30 bits per heavy atom. The summed E-state index contributed by atoms with van der Waals surface area (Å²) < 4.78 is 2.22. The molecule has 5 nitrogen and oxygen atoms in total. The summed E-state index contributed by atoms with van der Waals surface area (Å²) in [5.74, 6) is 1.50. The molecule has 5 heteroatoms. The van der Waals surface area contributed by atoms with E-state index in [1.807, 2.05) is 0 Å². The van der Waals surface area contributed by atoms with Crippen molar-refractivity contribution in [3.05, 3.63) is 60.2 Å². The van der Waals surface area contributed by atoms with Gasteiger partial charge in [-0.3, -0.25) is 4.90 Å². The Morgan fingerprint density at radius 1 is 0.967 bits per heavy atom. The molecule has 1 aliphatic rings. The quantitative estimate of drug-likeness (QED) is 0.646. The van der Waals surface area contributed by atoms with Crippen molar-refractivity contribution in [3.8, 4) is 0 Å². The molecule has 2 N–H and O–H groups in total. The van der Waals surface area contributed by atoms with E-state index in [0.717, 1.165) is 57.0 Å². The molecule has 3 aromatic rings. The van der Waals surface area contributed by atoms with Gasteiger partial charge in [0, 0.05) is 38.8 Å². The average molecular weight is 406 g/mol. The zero-order valence-electron chi connectivity index (χ0n) is 18.6. The summed E-state index contributed by atoms with van der Waals surface area (Å²) in [6, 6.07) is 19.0. The van der Waals surface area contributed by atoms with Gasteiger partial charge in [0.05, 0.1) is 11.0 Å². The molecule has 0 radical (unpaired) electrons. The lowest BCUT2D eigenvalue weighted by Gasteiger charge is -2.37. The first-order valence-corrected chi connectivity index (χ1v) is 11.2. The van der Waals surface area contributed by atoms with Gasteiger partial charge in [-0.15, -0.1) is 0 Å². The van der Waals surface area contributed by atoms with Crippen LogP contribution in [-0.2, 0) is 12.6 Å². The Balaban J connectivity index is 1.32. The number of nitrogens with zero attached hydrogens (tertiary/aromatic N) is 4. The standard InChI is InChI=1S/C25H35N5/c1-20(2)25(26,21-10-5-4-6-11-21)14-9-15-29-16-18-30(19-17-29)24-27-22-12-7-8-13-23(22)28(24)3/h4-8,10-13,20H,9,14-19,26H2,1-3H3. The molecule has 2 aromatic carbocycles. The van der Waals surface area contributed by atoms with E-state index in [0.29, 0.717) is 5.92 Å². The van der Waals surface area contributed by atoms with Crippen LogP contribution in [0.5, 0.6) is 0 Å². The van der Waals surface area contributed by atoms with Gasteiger partial charge in [0.25, 0.3) is 0 Å². The normalized spacial score (nSPS) is 17.6. The van der Waals surface area contributed by atoms with Crippen LogP contribution >= 0.6 is 0 Å². The maximum Gasteiger partial charge on any atom is 0.206 e. The number of hydrogen-bond acceptors (Lipinski definition) is 4. The minimum absolute atomic E-state index is 0.254. The van der Waals surface area contributed by atoms with Gasteiger partial charge in [0.15, 0.2) is 0 Å². The summed E-state index contributed by atoms with van der Waals surface area (Å²) in [6.07, 6.45) is 2.13. The van der Waals surface area contributed by atoms with E-state index in [9.17, 15) is 0 Å². The zero-order valence-corrected chi connectivity index (χ0v) is 18.6. The number of hydrogen-bond donors (Lipinski definition) is 1. The van der Waals surface area contributed by atoms with E-state index in [1.165, 1.54) is 11.1 Å². The number of para-hydroxylation sites is 2. The molecule has 1 saturated heterocycles. The van der Waals surface area contributed by atoms with Crippen molar-refractivity contribution in [3.63, 3.8) is 0 Å². The number of nitrogens with two attached hydrogens (primary N) is 1. The minimum Gasteiger partial charge on any atom is -0.340 e. The number of rotatable bonds is 7. The Kier molecular flexibility index (Phi) is 6.11. The first kappa shape index (κ1) is 20.9. The fourth-order valence-corrected chi connectivity index (χ4v) is 4.70. The lowest BCUT2D eigenvalue weighted by Crippen LogP contribution is -2.48. The average Bonchev–Trinajstić information content (AvgIpc) is 3.11. The third-order valence-corrected chi connectivity index (χ3v) is 6.82. The van der Waals surface area contributed by atoms with Crippen LogP contribution in [0.1, 0.15) is 32.3 Å². The number of imidazole rings is 1. The summed E-state index contributed by atoms with van der Waals surface area (Å²) in [5.41, 5.74) is 10.2. The number of benzene rings is 2. The Labute approximate surface area is 180 Å². The molecule has 30 heavy (non-hydrogen) atoms. The van der Waals surface area contributed by atoms with Gasteiger partial charge < -0.3 is 15.2 Å². The van der Waals surface area contributed by atoms with E-state index in [4.69, 9.17) is 10.7 Å². The van der Waals surface area contributed by atoms with E-state index < -0.39 is 0 Å². The van der Waals surface area contributed by atoms with Gasteiger partial charge in [-0.2, -0.15) is 0 Å². The highest BCUT2D eigenvalue weighted by atomic mass is 15.3.